The number of ether oxygens (including phenoxy) is 1. The number of aryl methyl sites for hydroxylation is 2. The lowest BCUT2D eigenvalue weighted by Gasteiger charge is -2.40. The number of rotatable bonds is 8. The van der Waals surface area contributed by atoms with Gasteiger partial charge in [-0.3, -0.25) is 0 Å². The van der Waals surface area contributed by atoms with Crippen molar-refractivity contribution in [2.24, 2.45) is 16.3 Å². The number of hydrogen-bond donors (Lipinski definition) is 2. The average molecular weight is 426 g/mol. The molecule has 0 spiro atoms. The zero-order chi connectivity index (χ0) is 22.1. The van der Waals surface area contributed by atoms with Crippen molar-refractivity contribution in [3.63, 3.8) is 0 Å². The predicted molar refractivity (Wildman–Crippen MR) is 127 cm³/mol. The van der Waals surface area contributed by atoms with E-state index in [-0.39, 0.29) is 11.5 Å². The average Bonchev–Trinajstić information content (AvgIpc) is 3.22. The number of guanidine groups is 1. The molecule has 0 saturated carbocycles. The van der Waals surface area contributed by atoms with E-state index < -0.39 is 0 Å². The van der Waals surface area contributed by atoms with E-state index in [0.717, 1.165) is 50.9 Å². The largest absolute Gasteiger partial charge is 0.377 e. The van der Waals surface area contributed by atoms with Crippen molar-refractivity contribution in [3.05, 3.63) is 54.1 Å². The first-order chi connectivity index (χ1) is 15.0. The third-order valence-electron chi connectivity index (χ3n) is 5.84. The number of imidazole rings is 1. The van der Waals surface area contributed by atoms with Gasteiger partial charge >= 0.3 is 0 Å². The highest BCUT2D eigenvalue weighted by Gasteiger charge is 2.35. The van der Waals surface area contributed by atoms with Crippen LogP contribution in [0.3, 0.4) is 0 Å². The summed E-state index contributed by atoms with van der Waals surface area (Å²) in [4.78, 5) is 9.35. The molecule has 1 fully saturated rings. The Balaban J connectivity index is 1.58. The molecule has 2 unspecified atom stereocenters. The molecule has 2 aromatic rings. The fourth-order valence-corrected chi connectivity index (χ4v) is 4.32. The van der Waals surface area contributed by atoms with Crippen LogP contribution in [0.5, 0.6) is 0 Å². The molecule has 0 aliphatic carbocycles. The molecule has 6 nitrogen and oxygen atoms in total. The highest BCUT2D eigenvalue weighted by Crippen LogP contribution is 2.33. The van der Waals surface area contributed by atoms with Crippen molar-refractivity contribution < 1.29 is 4.74 Å². The van der Waals surface area contributed by atoms with Gasteiger partial charge in [0.05, 0.1) is 6.10 Å². The number of aliphatic imine (C=N–C) groups is 1. The summed E-state index contributed by atoms with van der Waals surface area (Å²) in [5, 5.41) is 6.93. The first-order valence-corrected chi connectivity index (χ1v) is 11.6. The molecule has 0 bridgehead atoms. The Morgan fingerprint density at radius 3 is 2.77 bits per heavy atom. The maximum absolute atomic E-state index is 6.13. The van der Waals surface area contributed by atoms with Gasteiger partial charge in [-0.15, -0.1) is 0 Å². The second kappa shape index (κ2) is 11.3. The van der Waals surface area contributed by atoms with Gasteiger partial charge in [0, 0.05) is 44.6 Å². The van der Waals surface area contributed by atoms with E-state index in [4.69, 9.17) is 9.73 Å². The van der Waals surface area contributed by atoms with Gasteiger partial charge < -0.3 is 19.9 Å². The van der Waals surface area contributed by atoms with E-state index in [1.165, 1.54) is 12.0 Å². The zero-order valence-corrected chi connectivity index (χ0v) is 19.6. The fourth-order valence-electron chi connectivity index (χ4n) is 4.32. The highest BCUT2D eigenvalue weighted by atomic mass is 16.5. The van der Waals surface area contributed by atoms with Gasteiger partial charge in [0.1, 0.15) is 12.4 Å². The summed E-state index contributed by atoms with van der Waals surface area (Å²) in [6.45, 7) is 12.9. The molecule has 3 rings (SSSR count). The number of nitrogens with zero attached hydrogens (tertiary/aromatic N) is 3. The summed E-state index contributed by atoms with van der Waals surface area (Å²) in [7, 11) is 0. The topological polar surface area (TPSA) is 63.5 Å². The van der Waals surface area contributed by atoms with Crippen LogP contribution in [0.2, 0.25) is 0 Å². The van der Waals surface area contributed by atoms with Gasteiger partial charge in [0.25, 0.3) is 0 Å². The van der Waals surface area contributed by atoms with Crippen LogP contribution in [0.4, 0.5) is 0 Å². The first kappa shape index (κ1) is 23.3. The van der Waals surface area contributed by atoms with Crippen molar-refractivity contribution in [3.8, 4) is 0 Å². The summed E-state index contributed by atoms with van der Waals surface area (Å²) in [5.74, 6) is 2.32. The van der Waals surface area contributed by atoms with Crippen molar-refractivity contribution in [2.45, 2.75) is 66.2 Å². The molecule has 170 valence electrons. The number of benzene rings is 1. The van der Waals surface area contributed by atoms with Crippen molar-refractivity contribution in [2.75, 3.05) is 19.7 Å². The van der Waals surface area contributed by atoms with Gasteiger partial charge in [-0.2, -0.15) is 0 Å². The Morgan fingerprint density at radius 2 is 2.03 bits per heavy atom. The van der Waals surface area contributed by atoms with E-state index >= 15 is 0 Å². The third kappa shape index (κ3) is 7.10. The van der Waals surface area contributed by atoms with Crippen molar-refractivity contribution in [1.82, 2.24) is 20.2 Å². The molecule has 0 radical (unpaired) electrons. The summed E-state index contributed by atoms with van der Waals surface area (Å²) in [6, 6.07) is 10.6. The molecular weight excluding hydrogens is 386 g/mol. The molecule has 31 heavy (non-hydrogen) atoms. The van der Waals surface area contributed by atoms with Gasteiger partial charge in [-0.1, -0.05) is 51.1 Å². The van der Waals surface area contributed by atoms with Crippen LogP contribution in [0.15, 0.2) is 47.7 Å². The van der Waals surface area contributed by atoms with Crippen LogP contribution in [-0.4, -0.2) is 41.3 Å². The van der Waals surface area contributed by atoms with Crippen molar-refractivity contribution in [1.29, 1.82) is 0 Å². The van der Waals surface area contributed by atoms with Crippen molar-refractivity contribution >= 4 is 5.96 Å². The minimum absolute atomic E-state index is 0.145. The van der Waals surface area contributed by atoms with E-state index in [1.807, 2.05) is 12.4 Å². The Morgan fingerprint density at radius 1 is 1.23 bits per heavy atom. The van der Waals surface area contributed by atoms with E-state index in [9.17, 15) is 0 Å². The Bertz CT molecular complexity index is 809. The van der Waals surface area contributed by atoms with E-state index in [2.05, 4.69) is 78.2 Å². The zero-order valence-electron chi connectivity index (χ0n) is 19.6. The second-order valence-electron chi connectivity index (χ2n) is 9.41. The molecular formula is C25H39N5O. The molecule has 1 saturated heterocycles. The Hall–Kier alpha value is -2.34. The van der Waals surface area contributed by atoms with Gasteiger partial charge in [0.15, 0.2) is 5.96 Å². The van der Waals surface area contributed by atoms with Crippen LogP contribution in [0, 0.1) is 11.3 Å². The summed E-state index contributed by atoms with van der Waals surface area (Å²) >= 11 is 0. The molecule has 2 N–H and O–H groups in total. The fraction of sp³-hybridized carbons (Fsp3) is 0.600. The van der Waals surface area contributed by atoms with Crippen LogP contribution in [-0.2, 0) is 24.2 Å². The Labute approximate surface area is 187 Å². The van der Waals surface area contributed by atoms with Crippen LogP contribution >= 0.6 is 0 Å². The summed E-state index contributed by atoms with van der Waals surface area (Å²) in [6.07, 6.45) is 7.49. The molecule has 2 heterocycles. The smallest absolute Gasteiger partial charge is 0.191 e. The molecule has 6 heteroatoms. The van der Waals surface area contributed by atoms with Gasteiger partial charge in [-0.05, 0) is 37.2 Å². The molecule has 2 atom stereocenters. The lowest BCUT2D eigenvalue weighted by Crippen LogP contribution is -2.47. The van der Waals surface area contributed by atoms with Gasteiger partial charge in [-0.25, -0.2) is 9.98 Å². The number of aromatic nitrogens is 2. The summed E-state index contributed by atoms with van der Waals surface area (Å²) < 4.78 is 8.33. The van der Waals surface area contributed by atoms with Crippen LogP contribution in [0.25, 0.3) is 0 Å². The minimum atomic E-state index is 0.145. The monoisotopic (exact) mass is 425 g/mol. The highest BCUT2D eigenvalue weighted by molar-refractivity contribution is 5.79. The Kier molecular flexibility index (Phi) is 8.52. The molecule has 1 aromatic heterocycles. The maximum atomic E-state index is 6.13. The van der Waals surface area contributed by atoms with Gasteiger partial charge in [0.2, 0.25) is 0 Å². The lowest BCUT2D eigenvalue weighted by atomic mass is 9.78. The minimum Gasteiger partial charge on any atom is -0.377 e. The maximum Gasteiger partial charge on any atom is 0.191 e. The number of hydrogen-bond acceptors (Lipinski definition) is 3. The van der Waals surface area contributed by atoms with Crippen LogP contribution < -0.4 is 10.6 Å². The quantitative estimate of drug-likeness (QED) is 0.495. The van der Waals surface area contributed by atoms with E-state index in [0.29, 0.717) is 12.5 Å². The first-order valence-electron chi connectivity index (χ1n) is 11.6. The normalized spacial score (nSPS) is 19.9. The molecule has 0 amide bonds. The second-order valence-corrected chi connectivity index (χ2v) is 9.41. The van der Waals surface area contributed by atoms with E-state index in [1.54, 1.807) is 0 Å². The van der Waals surface area contributed by atoms with Crippen LogP contribution in [0.1, 0.15) is 51.9 Å². The molecule has 1 aliphatic rings. The molecule has 1 aromatic carbocycles. The SMILES string of the molecule is CCNC(=NCc1nccn1CCc1ccccc1)NCC1CCCOC1C(C)(C)C. The molecule has 1 aliphatic heterocycles. The lowest BCUT2D eigenvalue weighted by molar-refractivity contribution is -0.0835. The predicted octanol–water partition coefficient (Wildman–Crippen LogP) is 4.02. The standard InChI is InChI=1S/C25H39N5O/c1-5-26-24(28-18-21-12-9-17-31-23(21)25(2,3)4)29-19-22-27-14-16-30(22)15-13-20-10-7-6-8-11-20/h6-8,10-11,14,16,21,23H,5,9,12-13,15,17-19H2,1-4H3,(H2,26,28,29). The third-order valence-corrected chi connectivity index (χ3v) is 5.84. The number of nitrogens with one attached hydrogen (secondary N) is 2. The summed E-state index contributed by atoms with van der Waals surface area (Å²) in [5.41, 5.74) is 1.48.